The van der Waals surface area contributed by atoms with Crippen molar-refractivity contribution in [3.63, 3.8) is 0 Å². The van der Waals surface area contributed by atoms with E-state index in [-0.39, 0.29) is 24.3 Å². The molecular formula is C19H29NO2. The van der Waals surface area contributed by atoms with E-state index in [0.29, 0.717) is 5.92 Å². The van der Waals surface area contributed by atoms with E-state index in [2.05, 4.69) is 32.0 Å². The van der Waals surface area contributed by atoms with Crippen molar-refractivity contribution in [3.8, 4) is 0 Å². The fraction of sp³-hybridized carbons (Fsp3) is 0.632. The van der Waals surface area contributed by atoms with E-state index >= 15 is 0 Å². The van der Waals surface area contributed by atoms with Gasteiger partial charge in [-0.1, -0.05) is 30.7 Å². The number of nitrogens with zero attached hydrogens (tertiary/aromatic N) is 1. The molecule has 2 rings (SSSR count). The Morgan fingerprint density at radius 2 is 1.77 bits per heavy atom. The summed E-state index contributed by atoms with van der Waals surface area (Å²) in [6.07, 6.45) is 1.67. The summed E-state index contributed by atoms with van der Waals surface area (Å²) in [5.41, 5.74) is 3.74. The monoisotopic (exact) mass is 303 g/mol. The highest BCUT2D eigenvalue weighted by Gasteiger charge is 2.30. The average Bonchev–Trinajstić information content (AvgIpc) is 2.41. The number of benzene rings is 1. The van der Waals surface area contributed by atoms with Gasteiger partial charge in [0.25, 0.3) is 0 Å². The van der Waals surface area contributed by atoms with Crippen LogP contribution in [0.1, 0.15) is 76.2 Å². The van der Waals surface area contributed by atoms with Gasteiger partial charge in [-0.25, -0.2) is 4.79 Å². The van der Waals surface area contributed by atoms with Gasteiger partial charge >= 0.3 is 6.09 Å². The van der Waals surface area contributed by atoms with Crippen LogP contribution in [-0.4, -0.2) is 23.1 Å². The smallest absolute Gasteiger partial charge is 0.410 e. The molecular weight excluding hydrogens is 274 g/mol. The number of hydrogen-bond acceptors (Lipinski definition) is 2. The maximum Gasteiger partial charge on any atom is 0.410 e. The lowest BCUT2D eigenvalue weighted by molar-refractivity contribution is 0.0371. The summed E-state index contributed by atoms with van der Waals surface area (Å²) in [6, 6.07) is 6.81. The van der Waals surface area contributed by atoms with Crippen molar-refractivity contribution in [1.82, 2.24) is 4.90 Å². The first kappa shape index (κ1) is 16.9. The molecule has 1 aliphatic carbocycles. The minimum atomic E-state index is -0.197. The second-order valence-corrected chi connectivity index (χ2v) is 7.08. The van der Waals surface area contributed by atoms with E-state index in [1.807, 2.05) is 32.6 Å². The Balaban J connectivity index is 2.22. The molecule has 0 unspecified atom stereocenters. The number of carbonyl (C=O) groups excluding carboxylic acids is 1. The van der Waals surface area contributed by atoms with E-state index in [1.165, 1.54) is 16.7 Å². The quantitative estimate of drug-likeness (QED) is 0.769. The zero-order chi connectivity index (χ0) is 16.4. The van der Waals surface area contributed by atoms with Crippen LogP contribution in [0.15, 0.2) is 18.2 Å². The van der Waals surface area contributed by atoms with Crippen molar-refractivity contribution in [2.75, 3.05) is 0 Å². The molecule has 2 atom stereocenters. The molecule has 0 radical (unpaired) electrons. The lowest BCUT2D eigenvalue weighted by Gasteiger charge is -2.34. The Labute approximate surface area is 134 Å². The molecule has 0 saturated heterocycles. The highest BCUT2D eigenvalue weighted by atomic mass is 16.6. The molecule has 0 aromatic heterocycles. The first-order chi connectivity index (χ1) is 10.3. The third-order valence-electron chi connectivity index (χ3n) is 4.55. The molecule has 0 heterocycles. The molecule has 3 heteroatoms. The van der Waals surface area contributed by atoms with Gasteiger partial charge in [0, 0.05) is 12.1 Å². The lowest BCUT2D eigenvalue weighted by atomic mass is 9.81. The van der Waals surface area contributed by atoms with Gasteiger partial charge in [0.15, 0.2) is 0 Å². The van der Waals surface area contributed by atoms with Gasteiger partial charge in [-0.05, 0) is 64.5 Å². The van der Waals surface area contributed by atoms with Crippen molar-refractivity contribution in [1.29, 1.82) is 0 Å². The number of aryl methyl sites for hydroxylation is 1. The normalized spacial score (nSPS) is 20.9. The van der Waals surface area contributed by atoms with Crippen LogP contribution in [0, 0.1) is 6.92 Å². The van der Waals surface area contributed by atoms with Crippen molar-refractivity contribution in [2.24, 2.45) is 0 Å². The van der Waals surface area contributed by atoms with E-state index in [4.69, 9.17) is 4.74 Å². The third kappa shape index (κ3) is 3.45. The summed E-state index contributed by atoms with van der Waals surface area (Å²) in [4.78, 5) is 14.4. The molecule has 1 aromatic rings. The van der Waals surface area contributed by atoms with Gasteiger partial charge in [0.05, 0.1) is 0 Å². The molecule has 22 heavy (non-hydrogen) atoms. The van der Waals surface area contributed by atoms with Gasteiger partial charge in [-0.2, -0.15) is 0 Å². The first-order valence-corrected chi connectivity index (χ1v) is 8.40. The SMILES string of the molecule is Cc1ccc2c(c1)[C@@H](OC(=O)N(C(C)C)C(C)C)CC[C@@H]2C. The van der Waals surface area contributed by atoms with E-state index in [9.17, 15) is 4.79 Å². The Bertz CT molecular complexity index is 528. The highest BCUT2D eigenvalue weighted by molar-refractivity contribution is 5.69. The second kappa shape index (κ2) is 6.72. The minimum Gasteiger partial charge on any atom is -0.441 e. The van der Waals surface area contributed by atoms with E-state index in [0.717, 1.165) is 12.8 Å². The summed E-state index contributed by atoms with van der Waals surface area (Å²) in [6.45, 7) is 12.5. The van der Waals surface area contributed by atoms with Crippen LogP contribution in [-0.2, 0) is 4.74 Å². The summed E-state index contributed by atoms with van der Waals surface area (Å²) in [5, 5.41) is 0. The largest absolute Gasteiger partial charge is 0.441 e. The molecule has 0 aliphatic heterocycles. The number of carbonyl (C=O) groups is 1. The summed E-state index contributed by atoms with van der Waals surface area (Å²) in [5.74, 6) is 0.539. The predicted molar refractivity (Wildman–Crippen MR) is 90.2 cm³/mol. The standard InChI is InChI=1S/C19H29NO2/c1-12(2)20(13(3)4)19(21)22-18-10-8-15(6)16-9-7-14(5)11-17(16)18/h7,9,11-13,15,18H,8,10H2,1-6H3/t15-,18-/m0/s1. The first-order valence-electron chi connectivity index (χ1n) is 8.40. The molecule has 0 saturated carbocycles. The number of rotatable bonds is 3. The Morgan fingerprint density at radius 1 is 1.14 bits per heavy atom. The predicted octanol–water partition coefficient (Wildman–Crippen LogP) is 5.19. The molecule has 0 fully saturated rings. The van der Waals surface area contributed by atoms with Gasteiger partial charge in [0.2, 0.25) is 0 Å². The van der Waals surface area contributed by atoms with Crippen molar-refractivity contribution in [2.45, 2.75) is 78.5 Å². The van der Waals surface area contributed by atoms with Crippen LogP contribution in [0.2, 0.25) is 0 Å². The second-order valence-electron chi connectivity index (χ2n) is 7.08. The molecule has 1 aliphatic rings. The molecule has 122 valence electrons. The van der Waals surface area contributed by atoms with Crippen LogP contribution >= 0.6 is 0 Å². The van der Waals surface area contributed by atoms with Gasteiger partial charge in [-0.3, -0.25) is 0 Å². The van der Waals surface area contributed by atoms with Crippen molar-refractivity contribution < 1.29 is 9.53 Å². The van der Waals surface area contributed by atoms with Crippen LogP contribution in [0.3, 0.4) is 0 Å². The molecule has 1 amide bonds. The fourth-order valence-electron chi connectivity index (χ4n) is 3.46. The minimum absolute atomic E-state index is 0.112. The van der Waals surface area contributed by atoms with E-state index in [1.54, 1.807) is 0 Å². The summed E-state index contributed by atoms with van der Waals surface area (Å²) >= 11 is 0. The molecule has 0 N–H and O–H groups in total. The molecule has 3 nitrogen and oxygen atoms in total. The van der Waals surface area contributed by atoms with Gasteiger partial charge in [-0.15, -0.1) is 0 Å². The summed E-state index contributed by atoms with van der Waals surface area (Å²) < 4.78 is 5.89. The van der Waals surface area contributed by atoms with Crippen LogP contribution in [0.25, 0.3) is 0 Å². The van der Waals surface area contributed by atoms with Gasteiger partial charge in [0.1, 0.15) is 6.10 Å². The molecule has 0 spiro atoms. The number of amides is 1. The van der Waals surface area contributed by atoms with Crippen molar-refractivity contribution >= 4 is 6.09 Å². The maximum atomic E-state index is 12.6. The molecule has 1 aromatic carbocycles. The number of fused-ring (bicyclic) bond motifs is 1. The van der Waals surface area contributed by atoms with Crippen molar-refractivity contribution in [3.05, 3.63) is 34.9 Å². The number of hydrogen-bond donors (Lipinski definition) is 0. The van der Waals surface area contributed by atoms with E-state index < -0.39 is 0 Å². The topological polar surface area (TPSA) is 29.5 Å². The van der Waals surface area contributed by atoms with Crippen LogP contribution < -0.4 is 0 Å². The zero-order valence-electron chi connectivity index (χ0n) is 14.7. The fourth-order valence-corrected chi connectivity index (χ4v) is 3.46. The zero-order valence-corrected chi connectivity index (χ0v) is 14.7. The average molecular weight is 303 g/mol. The lowest BCUT2D eigenvalue weighted by Crippen LogP contribution is -2.43. The Morgan fingerprint density at radius 3 is 2.36 bits per heavy atom. The Hall–Kier alpha value is -1.51. The van der Waals surface area contributed by atoms with Gasteiger partial charge < -0.3 is 9.64 Å². The maximum absolute atomic E-state index is 12.6. The summed E-state index contributed by atoms with van der Waals surface area (Å²) in [7, 11) is 0. The van der Waals surface area contributed by atoms with Crippen LogP contribution in [0.5, 0.6) is 0 Å². The van der Waals surface area contributed by atoms with Crippen LogP contribution in [0.4, 0.5) is 4.79 Å². The third-order valence-corrected chi connectivity index (χ3v) is 4.55. The molecule has 0 bridgehead atoms. The Kier molecular flexibility index (Phi) is 5.15. The highest BCUT2D eigenvalue weighted by Crippen LogP contribution is 2.40. The number of ether oxygens (including phenoxy) is 1.